The van der Waals surface area contributed by atoms with Gasteiger partial charge in [-0.2, -0.15) is 9.49 Å². The molecule has 0 amide bonds. The van der Waals surface area contributed by atoms with Gasteiger partial charge in [-0.15, -0.1) is 0 Å². The fraction of sp³-hybridized carbons (Fsp3) is 0.593. The second-order valence-corrected chi connectivity index (χ2v) is 10.6. The van der Waals surface area contributed by atoms with Gasteiger partial charge in [-0.1, -0.05) is 51.0 Å². The van der Waals surface area contributed by atoms with E-state index in [1.165, 1.54) is 48.0 Å². The van der Waals surface area contributed by atoms with Gasteiger partial charge in [-0.3, -0.25) is 0 Å². The highest BCUT2D eigenvalue weighted by molar-refractivity contribution is 5.58. The molecule has 1 aromatic heterocycles. The average Bonchev–Trinajstić information content (AvgIpc) is 3.06. The second kappa shape index (κ2) is 9.88. The zero-order chi connectivity index (χ0) is 23.5. The van der Waals surface area contributed by atoms with E-state index in [0.717, 1.165) is 24.2 Å². The summed E-state index contributed by atoms with van der Waals surface area (Å²) in [5.41, 5.74) is 7.47. The lowest BCUT2D eigenvalue weighted by Gasteiger charge is -2.32. The molecule has 0 aromatic carbocycles. The summed E-state index contributed by atoms with van der Waals surface area (Å²) in [5, 5.41) is 13.5. The largest absolute Gasteiger partial charge is 0.342 e. The van der Waals surface area contributed by atoms with Crippen LogP contribution in [0.25, 0.3) is 12.2 Å². The summed E-state index contributed by atoms with van der Waals surface area (Å²) in [6.07, 6.45) is 15.5. The van der Waals surface area contributed by atoms with E-state index in [0.29, 0.717) is 0 Å². The Kier molecular flexibility index (Phi) is 7.61. The summed E-state index contributed by atoms with van der Waals surface area (Å²) < 4.78 is 19.3. The zero-order valence-electron chi connectivity index (χ0n) is 20.5. The van der Waals surface area contributed by atoms with Gasteiger partial charge in [0.25, 0.3) is 0 Å². The Hall–Kier alpha value is -1.98. The molecule has 5 heteroatoms. The van der Waals surface area contributed by atoms with Gasteiger partial charge in [0.2, 0.25) is 0 Å². The Morgan fingerprint density at radius 1 is 1.00 bits per heavy atom. The molecule has 0 saturated heterocycles. The molecular weight excluding hydrogens is 403 g/mol. The summed E-state index contributed by atoms with van der Waals surface area (Å²) in [4.78, 5) is 0. The number of halogens is 1. The maximum atomic E-state index is 12.9. The van der Waals surface area contributed by atoms with Crippen LogP contribution in [0, 0.1) is 10.8 Å². The normalized spacial score (nSPS) is 22.4. The van der Waals surface area contributed by atoms with Crippen molar-refractivity contribution in [2.75, 3.05) is 0 Å². The number of hydrogen-bond donors (Lipinski definition) is 1. The summed E-state index contributed by atoms with van der Waals surface area (Å²) in [6.45, 7) is 11.1. The van der Waals surface area contributed by atoms with Crippen molar-refractivity contribution in [3.05, 3.63) is 51.9 Å². The summed E-state index contributed by atoms with van der Waals surface area (Å²) >= 11 is 0. The lowest BCUT2D eigenvalue weighted by molar-refractivity contribution is -0.205. The number of aromatic nitrogens is 2. The molecule has 2 aliphatic rings. The third-order valence-corrected chi connectivity index (χ3v) is 7.09. The first kappa shape index (κ1) is 24.7. The van der Waals surface area contributed by atoms with Crippen LogP contribution in [0.1, 0.15) is 91.5 Å². The minimum atomic E-state index is -2.33. The van der Waals surface area contributed by atoms with Crippen molar-refractivity contribution >= 4 is 12.2 Å². The second-order valence-electron chi connectivity index (χ2n) is 10.6. The molecule has 0 aliphatic heterocycles. The monoisotopic (exact) mass is 442 g/mol. The molecule has 3 rings (SSSR count). The van der Waals surface area contributed by atoms with Gasteiger partial charge in [0, 0.05) is 0 Å². The van der Waals surface area contributed by atoms with Crippen LogP contribution >= 0.6 is 0 Å². The Morgan fingerprint density at radius 2 is 1.53 bits per heavy atom. The molecule has 1 aromatic rings. The number of ether oxygens (including phenoxy) is 1. The maximum absolute atomic E-state index is 12.9. The molecular formula is C27H39FN2O2. The van der Waals surface area contributed by atoms with Gasteiger partial charge < -0.3 is 9.84 Å². The van der Waals surface area contributed by atoms with Gasteiger partial charge >= 0.3 is 6.54 Å². The highest BCUT2D eigenvalue weighted by atomic mass is 19.2. The lowest BCUT2D eigenvalue weighted by atomic mass is 9.72. The third kappa shape index (κ3) is 5.87. The highest BCUT2D eigenvalue weighted by Gasteiger charge is 2.27. The molecule has 1 atom stereocenters. The number of aliphatic hydroxyl groups excluding tert-OH is 1. The van der Waals surface area contributed by atoms with Crippen molar-refractivity contribution < 1.29 is 14.2 Å². The first-order chi connectivity index (χ1) is 15.0. The van der Waals surface area contributed by atoms with Crippen LogP contribution in [-0.2, 0) is 11.5 Å². The zero-order valence-corrected chi connectivity index (χ0v) is 20.5. The fourth-order valence-corrected chi connectivity index (χ4v) is 5.26. The number of allylic oxidation sites excluding steroid dienone is 6. The predicted molar refractivity (Wildman–Crippen MR) is 129 cm³/mol. The summed E-state index contributed by atoms with van der Waals surface area (Å²) in [7, 11) is 0. The topological polar surface area (TPSA) is 47.3 Å². The fourth-order valence-electron chi connectivity index (χ4n) is 5.26. The first-order valence-corrected chi connectivity index (χ1v) is 11.8. The van der Waals surface area contributed by atoms with E-state index in [9.17, 15) is 4.39 Å². The third-order valence-electron chi connectivity index (χ3n) is 7.09. The van der Waals surface area contributed by atoms with Crippen molar-refractivity contribution in [2.45, 2.75) is 93.3 Å². The van der Waals surface area contributed by atoms with Gasteiger partial charge in [-0.05, 0) is 92.6 Å². The van der Waals surface area contributed by atoms with E-state index in [4.69, 9.17) is 9.84 Å². The number of alkyl halides is 1. The smallest absolute Gasteiger partial charge is 0.308 e. The molecule has 2 aliphatic carbocycles. The van der Waals surface area contributed by atoms with Crippen LogP contribution < -0.4 is 0 Å². The van der Waals surface area contributed by atoms with E-state index >= 15 is 0 Å². The van der Waals surface area contributed by atoms with Gasteiger partial charge in [0.1, 0.15) is 6.73 Å². The van der Waals surface area contributed by atoms with Crippen LogP contribution in [0.3, 0.4) is 0 Å². The molecule has 1 unspecified atom stereocenters. The van der Waals surface area contributed by atoms with Crippen molar-refractivity contribution in [1.82, 2.24) is 9.78 Å². The predicted octanol–water partition coefficient (Wildman–Crippen LogP) is 7.18. The minimum Gasteiger partial charge on any atom is -0.342 e. The Bertz CT molecular complexity index is 945. The van der Waals surface area contributed by atoms with Crippen molar-refractivity contribution in [1.29, 1.82) is 0 Å². The molecule has 1 heterocycles. The van der Waals surface area contributed by atoms with Crippen molar-refractivity contribution in [2.24, 2.45) is 10.8 Å². The Labute approximate surface area is 192 Å². The van der Waals surface area contributed by atoms with Crippen LogP contribution in [-0.4, -0.2) is 21.4 Å². The first-order valence-electron chi connectivity index (χ1n) is 11.8. The van der Waals surface area contributed by atoms with Crippen molar-refractivity contribution in [3.63, 3.8) is 0 Å². The average molecular weight is 443 g/mol. The maximum Gasteiger partial charge on any atom is 0.308 e. The van der Waals surface area contributed by atoms with E-state index in [1.54, 1.807) is 4.68 Å². The lowest BCUT2D eigenvalue weighted by Crippen LogP contribution is -2.19. The SMILES string of the molecule is CC1=C(/C=C/c2cc(/C=C/C3=C(C)CCCC3(C)C)n(COC(O)F)n2)C(C)(C)CCC1. The molecule has 0 fully saturated rings. The van der Waals surface area contributed by atoms with E-state index in [1.807, 2.05) is 18.2 Å². The quantitative estimate of drug-likeness (QED) is 0.455. The van der Waals surface area contributed by atoms with E-state index < -0.39 is 6.54 Å². The molecule has 1 N–H and O–H groups in total. The molecule has 4 nitrogen and oxygen atoms in total. The molecule has 32 heavy (non-hydrogen) atoms. The molecule has 176 valence electrons. The van der Waals surface area contributed by atoms with Gasteiger partial charge in [-0.25, -0.2) is 4.68 Å². The Balaban J connectivity index is 1.91. The molecule has 0 bridgehead atoms. The minimum absolute atomic E-state index is 0.134. The standard InChI is InChI=1S/C27H39FN2O2/c1-19-9-7-15-26(3,4)23(19)13-11-21-17-22(30(29-21)18-32-25(28)31)12-14-24-20(2)10-8-16-27(24,5)6/h11-14,17,25,31H,7-10,15-16,18H2,1-6H3/b13-11+,14-12+. The van der Waals surface area contributed by atoms with Crippen LogP contribution in [0.15, 0.2) is 40.5 Å². The Morgan fingerprint density at radius 3 is 2.03 bits per heavy atom. The van der Waals surface area contributed by atoms with Crippen LogP contribution in [0.4, 0.5) is 4.39 Å². The van der Waals surface area contributed by atoms with Crippen LogP contribution in [0.2, 0.25) is 0 Å². The van der Waals surface area contributed by atoms with E-state index in [2.05, 4.69) is 58.8 Å². The molecule has 0 spiro atoms. The summed E-state index contributed by atoms with van der Waals surface area (Å²) in [5.74, 6) is 0. The number of nitrogens with zero attached hydrogens (tertiary/aromatic N) is 2. The number of aliphatic hydroxyl groups is 1. The van der Waals surface area contributed by atoms with E-state index in [-0.39, 0.29) is 17.6 Å². The van der Waals surface area contributed by atoms with Crippen molar-refractivity contribution in [3.8, 4) is 0 Å². The summed E-state index contributed by atoms with van der Waals surface area (Å²) in [6, 6.07) is 1.98. The van der Waals surface area contributed by atoms with Crippen LogP contribution in [0.5, 0.6) is 0 Å². The van der Waals surface area contributed by atoms with Gasteiger partial charge in [0.15, 0.2) is 0 Å². The molecule has 0 radical (unpaired) electrons. The number of hydrogen-bond acceptors (Lipinski definition) is 3. The van der Waals surface area contributed by atoms with Gasteiger partial charge in [0.05, 0.1) is 11.4 Å². The molecule has 0 saturated carbocycles. The highest BCUT2D eigenvalue weighted by Crippen LogP contribution is 2.42. The number of rotatable bonds is 7.